The standard InChI is InChI=1S/C15H25N3O2S/c1-17(2)9-8-16-15(21)18(3)11-12-6-7-13(19-4)10-14(12)20-5/h6-7,10H,8-9,11H2,1-5H3,(H,16,21)/p+1. The lowest BCUT2D eigenvalue weighted by molar-refractivity contribution is -0.856. The van der Waals surface area contributed by atoms with Gasteiger partial charge in [0.2, 0.25) is 0 Å². The smallest absolute Gasteiger partial charge is 0.169 e. The monoisotopic (exact) mass is 312 g/mol. The molecule has 0 aliphatic carbocycles. The molecule has 1 aromatic rings. The van der Waals surface area contributed by atoms with E-state index in [2.05, 4.69) is 19.4 Å². The average molecular weight is 312 g/mol. The van der Waals surface area contributed by atoms with Crippen molar-refractivity contribution in [2.45, 2.75) is 6.54 Å². The van der Waals surface area contributed by atoms with Gasteiger partial charge in [0.15, 0.2) is 5.11 Å². The van der Waals surface area contributed by atoms with Gasteiger partial charge in [0, 0.05) is 25.2 Å². The van der Waals surface area contributed by atoms with Crippen LogP contribution in [0.25, 0.3) is 0 Å². The van der Waals surface area contributed by atoms with E-state index < -0.39 is 0 Å². The predicted molar refractivity (Wildman–Crippen MR) is 89.3 cm³/mol. The Morgan fingerprint density at radius 2 is 2.00 bits per heavy atom. The maximum atomic E-state index is 5.41. The van der Waals surface area contributed by atoms with E-state index in [0.29, 0.717) is 6.54 Å². The number of likely N-dealkylation sites (N-methyl/N-ethyl adjacent to an activating group) is 1. The molecule has 0 aliphatic rings. The van der Waals surface area contributed by atoms with Crippen molar-refractivity contribution in [1.29, 1.82) is 0 Å². The van der Waals surface area contributed by atoms with Crippen LogP contribution in [0, 0.1) is 0 Å². The maximum absolute atomic E-state index is 5.41. The Kier molecular flexibility index (Phi) is 7.25. The molecule has 2 N–H and O–H groups in total. The molecule has 0 saturated heterocycles. The number of ether oxygens (including phenoxy) is 2. The zero-order chi connectivity index (χ0) is 15.8. The Morgan fingerprint density at radius 3 is 2.57 bits per heavy atom. The second kappa shape index (κ2) is 8.69. The van der Waals surface area contributed by atoms with Gasteiger partial charge in [-0.15, -0.1) is 0 Å². The van der Waals surface area contributed by atoms with Crippen molar-refractivity contribution >= 4 is 17.3 Å². The van der Waals surface area contributed by atoms with E-state index >= 15 is 0 Å². The summed E-state index contributed by atoms with van der Waals surface area (Å²) in [5.74, 6) is 1.59. The Labute approximate surface area is 132 Å². The second-order valence-electron chi connectivity index (χ2n) is 5.22. The summed E-state index contributed by atoms with van der Waals surface area (Å²) in [4.78, 5) is 3.40. The molecule has 0 atom stereocenters. The van der Waals surface area contributed by atoms with Crippen LogP contribution in [-0.4, -0.2) is 58.5 Å². The summed E-state index contributed by atoms with van der Waals surface area (Å²) in [5.41, 5.74) is 1.07. The number of thiocarbonyl (C=S) groups is 1. The third kappa shape index (κ3) is 5.77. The molecule has 0 bridgehead atoms. The predicted octanol–water partition coefficient (Wildman–Crippen LogP) is 0.155. The van der Waals surface area contributed by atoms with E-state index in [9.17, 15) is 0 Å². The molecule has 0 saturated carbocycles. The summed E-state index contributed by atoms with van der Waals surface area (Å²) in [6, 6.07) is 5.81. The summed E-state index contributed by atoms with van der Waals surface area (Å²) in [5, 5.41) is 4.01. The Balaban J connectivity index is 2.61. The summed E-state index contributed by atoms with van der Waals surface area (Å²) < 4.78 is 10.6. The fraction of sp³-hybridized carbons (Fsp3) is 0.533. The highest BCUT2D eigenvalue weighted by Crippen LogP contribution is 2.25. The molecule has 6 heteroatoms. The number of benzene rings is 1. The third-order valence-corrected chi connectivity index (χ3v) is 3.61. The van der Waals surface area contributed by atoms with Crippen molar-refractivity contribution in [1.82, 2.24) is 10.2 Å². The molecule has 5 nitrogen and oxygen atoms in total. The number of nitrogens with zero attached hydrogens (tertiary/aromatic N) is 1. The van der Waals surface area contributed by atoms with Gasteiger partial charge in [-0.25, -0.2) is 0 Å². The quantitative estimate of drug-likeness (QED) is 0.702. The van der Waals surface area contributed by atoms with Gasteiger partial charge < -0.3 is 24.6 Å². The van der Waals surface area contributed by atoms with Gasteiger partial charge in [-0.1, -0.05) is 0 Å². The fourth-order valence-corrected chi connectivity index (χ4v) is 2.03. The Hall–Kier alpha value is -1.53. The minimum Gasteiger partial charge on any atom is -0.497 e. The maximum Gasteiger partial charge on any atom is 0.169 e. The Morgan fingerprint density at radius 1 is 1.29 bits per heavy atom. The summed E-state index contributed by atoms with van der Waals surface area (Å²) >= 11 is 5.40. The van der Waals surface area contributed by atoms with Crippen molar-refractivity contribution in [2.75, 3.05) is 48.5 Å². The van der Waals surface area contributed by atoms with Crippen LogP contribution in [-0.2, 0) is 6.54 Å². The van der Waals surface area contributed by atoms with Gasteiger partial charge in [-0.3, -0.25) is 0 Å². The van der Waals surface area contributed by atoms with Crippen LogP contribution in [0.4, 0.5) is 0 Å². The van der Waals surface area contributed by atoms with Crippen LogP contribution < -0.4 is 19.7 Å². The largest absolute Gasteiger partial charge is 0.497 e. The average Bonchev–Trinajstić information content (AvgIpc) is 2.46. The molecular formula is C15H26N3O2S+. The van der Waals surface area contributed by atoms with Crippen molar-refractivity contribution in [2.24, 2.45) is 0 Å². The highest BCUT2D eigenvalue weighted by molar-refractivity contribution is 7.80. The van der Waals surface area contributed by atoms with E-state index in [1.54, 1.807) is 14.2 Å². The van der Waals surface area contributed by atoms with Crippen molar-refractivity contribution < 1.29 is 14.4 Å². The molecule has 0 unspecified atom stereocenters. The third-order valence-electron chi connectivity index (χ3n) is 3.15. The van der Waals surface area contributed by atoms with Crippen molar-refractivity contribution in [3.63, 3.8) is 0 Å². The van der Waals surface area contributed by atoms with E-state index in [1.807, 2.05) is 30.1 Å². The van der Waals surface area contributed by atoms with Crippen molar-refractivity contribution in [3.8, 4) is 11.5 Å². The lowest BCUT2D eigenvalue weighted by Crippen LogP contribution is -3.06. The van der Waals surface area contributed by atoms with E-state index in [-0.39, 0.29) is 0 Å². The molecule has 0 heterocycles. The van der Waals surface area contributed by atoms with Gasteiger partial charge in [-0.2, -0.15) is 0 Å². The zero-order valence-electron chi connectivity index (χ0n) is 13.5. The normalized spacial score (nSPS) is 10.4. The number of hydrogen-bond acceptors (Lipinski definition) is 3. The summed E-state index contributed by atoms with van der Waals surface area (Å²) in [7, 11) is 9.52. The molecule has 0 spiro atoms. The minimum absolute atomic E-state index is 0.688. The highest BCUT2D eigenvalue weighted by Gasteiger charge is 2.10. The number of rotatable bonds is 7. The SMILES string of the molecule is COc1ccc(CN(C)C(=S)NCC[NH+](C)C)c(OC)c1. The van der Waals surface area contributed by atoms with Crippen LogP contribution in [0.3, 0.4) is 0 Å². The molecule has 118 valence electrons. The summed E-state index contributed by atoms with van der Waals surface area (Å²) in [6.07, 6.45) is 0. The molecule has 0 radical (unpaired) electrons. The number of hydrogen-bond donors (Lipinski definition) is 2. The molecule has 1 rings (SSSR count). The Bertz CT molecular complexity index is 466. The van der Waals surface area contributed by atoms with Crippen LogP contribution >= 0.6 is 12.2 Å². The minimum atomic E-state index is 0.688. The summed E-state index contributed by atoms with van der Waals surface area (Å²) in [6.45, 7) is 2.58. The molecule has 0 fully saturated rings. The molecule has 1 aromatic carbocycles. The van der Waals surface area contributed by atoms with Crippen LogP contribution in [0.1, 0.15) is 5.56 Å². The van der Waals surface area contributed by atoms with Crippen molar-refractivity contribution in [3.05, 3.63) is 23.8 Å². The lowest BCUT2D eigenvalue weighted by atomic mass is 10.2. The van der Waals surface area contributed by atoms with Gasteiger partial charge in [0.05, 0.1) is 41.4 Å². The first-order chi connectivity index (χ1) is 9.97. The first-order valence-electron chi connectivity index (χ1n) is 6.96. The molecule has 21 heavy (non-hydrogen) atoms. The zero-order valence-corrected chi connectivity index (χ0v) is 14.3. The van der Waals surface area contributed by atoms with E-state index in [0.717, 1.165) is 35.3 Å². The van der Waals surface area contributed by atoms with E-state index in [4.69, 9.17) is 21.7 Å². The molecule has 0 aromatic heterocycles. The second-order valence-corrected chi connectivity index (χ2v) is 5.61. The van der Waals surface area contributed by atoms with Crippen LogP contribution in [0.5, 0.6) is 11.5 Å². The fourth-order valence-electron chi connectivity index (χ4n) is 1.86. The molecule has 0 amide bonds. The van der Waals surface area contributed by atoms with Gasteiger partial charge in [0.25, 0.3) is 0 Å². The molecular weight excluding hydrogens is 286 g/mol. The molecule has 0 aliphatic heterocycles. The van der Waals surface area contributed by atoms with Gasteiger partial charge >= 0.3 is 0 Å². The van der Waals surface area contributed by atoms with Crippen LogP contribution in [0.2, 0.25) is 0 Å². The number of methoxy groups -OCH3 is 2. The van der Waals surface area contributed by atoms with Gasteiger partial charge in [-0.05, 0) is 24.4 Å². The van der Waals surface area contributed by atoms with E-state index in [1.165, 1.54) is 4.90 Å². The topological polar surface area (TPSA) is 38.2 Å². The van der Waals surface area contributed by atoms with Crippen LogP contribution in [0.15, 0.2) is 18.2 Å². The lowest BCUT2D eigenvalue weighted by Gasteiger charge is -2.22. The highest BCUT2D eigenvalue weighted by atomic mass is 32.1. The first kappa shape index (κ1) is 17.5. The number of nitrogens with one attached hydrogen (secondary N) is 2. The van der Waals surface area contributed by atoms with Gasteiger partial charge in [0.1, 0.15) is 11.5 Å². The first-order valence-corrected chi connectivity index (χ1v) is 7.37. The number of quaternary nitrogens is 1.